The second-order valence-corrected chi connectivity index (χ2v) is 16.6. The number of aliphatic hydroxyl groups is 4. The first-order valence-electron chi connectivity index (χ1n) is 23.9. The fourth-order valence-corrected chi connectivity index (χ4v) is 7.24. The summed E-state index contributed by atoms with van der Waals surface area (Å²) >= 11 is 0. The number of allylic oxidation sites excluding steroid dienone is 4. The SMILES string of the molecule is CCCCC/C=C/CCCCCCCC(=O)O[C@@H](COC(=O)CCCCCCCCCCCCC/C=C/CCCCCCCC)CO[C@H]1O[C@@H](CO)[C@@H](O)C(O)C1O. The van der Waals surface area contributed by atoms with Gasteiger partial charge in [0.05, 0.1) is 13.2 Å². The Morgan fingerprint density at radius 3 is 1.38 bits per heavy atom. The molecule has 1 aliphatic rings. The minimum absolute atomic E-state index is 0.218. The molecule has 4 N–H and O–H groups in total. The highest BCUT2D eigenvalue weighted by Crippen LogP contribution is 2.23. The lowest BCUT2D eigenvalue weighted by atomic mass is 9.99. The standard InChI is InChI=1S/C48H88O10/c1-3-5-7-9-11-13-15-17-18-19-20-21-22-23-24-25-27-28-30-32-34-36-43(50)55-39-41(40-56-48-47(54)46(53)45(52)42(38-49)58-48)57-44(51)37-35-33-31-29-26-16-14-12-10-8-6-4-2/h12,14,17-18,41-42,45-49,52-54H,3-11,13,15-16,19-40H2,1-2H3/b14-12+,18-17+/t41-,42-,45+,46?,47?,48-/m0/s1. The maximum Gasteiger partial charge on any atom is 0.306 e. The fourth-order valence-electron chi connectivity index (χ4n) is 7.24. The topological polar surface area (TPSA) is 152 Å². The minimum atomic E-state index is -1.59. The predicted octanol–water partition coefficient (Wildman–Crippen LogP) is 10.5. The smallest absolute Gasteiger partial charge is 0.306 e. The summed E-state index contributed by atoms with van der Waals surface area (Å²) in [6.07, 6.45) is 36.2. The van der Waals surface area contributed by atoms with Gasteiger partial charge < -0.3 is 39.4 Å². The Hall–Kier alpha value is -1.82. The summed E-state index contributed by atoms with van der Waals surface area (Å²) in [4.78, 5) is 25.3. The molecule has 0 aromatic rings. The van der Waals surface area contributed by atoms with Crippen LogP contribution >= 0.6 is 0 Å². The summed E-state index contributed by atoms with van der Waals surface area (Å²) in [5.41, 5.74) is 0. The Balaban J connectivity index is 2.25. The molecule has 340 valence electrons. The molecule has 0 aromatic heterocycles. The van der Waals surface area contributed by atoms with Gasteiger partial charge in [-0.3, -0.25) is 9.59 Å². The zero-order valence-electron chi connectivity index (χ0n) is 37.1. The minimum Gasteiger partial charge on any atom is -0.462 e. The van der Waals surface area contributed by atoms with Gasteiger partial charge in [-0.05, 0) is 64.2 Å². The molecular formula is C48H88O10. The van der Waals surface area contributed by atoms with E-state index in [2.05, 4.69) is 38.2 Å². The third-order valence-electron chi connectivity index (χ3n) is 11.1. The second-order valence-electron chi connectivity index (χ2n) is 16.6. The molecule has 1 rings (SSSR count). The van der Waals surface area contributed by atoms with Crippen molar-refractivity contribution in [3.63, 3.8) is 0 Å². The summed E-state index contributed by atoms with van der Waals surface area (Å²) in [7, 11) is 0. The molecule has 6 atom stereocenters. The first-order valence-corrected chi connectivity index (χ1v) is 23.9. The number of aliphatic hydroxyl groups excluding tert-OH is 4. The van der Waals surface area contributed by atoms with Crippen LogP contribution in [0, 0.1) is 0 Å². The third-order valence-corrected chi connectivity index (χ3v) is 11.1. The molecule has 58 heavy (non-hydrogen) atoms. The van der Waals surface area contributed by atoms with Gasteiger partial charge in [0.15, 0.2) is 12.4 Å². The highest BCUT2D eigenvalue weighted by atomic mass is 16.7. The lowest BCUT2D eigenvalue weighted by molar-refractivity contribution is -0.305. The van der Waals surface area contributed by atoms with Crippen molar-refractivity contribution in [3.8, 4) is 0 Å². The summed E-state index contributed by atoms with van der Waals surface area (Å²) in [5.74, 6) is -0.812. The maximum atomic E-state index is 12.7. The highest BCUT2D eigenvalue weighted by molar-refractivity contribution is 5.70. The lowest BCUT2D eigenvalue weighted by Gasteiger charge is -2.39. The molecule has 0 bridgehead atoms. The van der Waals surface area contributed by atoms with Gasteiger partial charge in [0.1, 0.15) is 31.0 Å². The van der Waals surface area contributed by atoms with E-state index in [0.29, 0.717) is 6.42 Å². The van der Waals surface area contributed by atoms with Crippen molar-refractivity contribution in [2.45, 2.75) is 250 Å². The number of hydrogen-bond acceptors (Lipinski definition) is 10. The molecule has 2 unspecified atom stereocenters. The summed E-state index contributed by atoms with van der Waals surface area (Å²) in [6.45, 7) is 3.40. The van der Waals surface area contributed by atoms with Gasteiger partial charge in [-0.2, -0.15) is 0 Å². The van der Waals surface area contributed by atoms with E-state index >= 15 is 0 Å². The van der Waals surface area contributed by atoms with E-state index in [0.717, 1.165) is 57.8 Å². The van der Waals surface area contributed by atoms with Crippen LogP contribution in [0.4, 0.5) is 0 Å². The average Bonchev–Trinajstić information content (AvgIpc) is 3.22. The van der Waals surface area contributed by atoms with Crippen LogP contribution in [0.5, 0.6) is 0 Å². The number of rotatable bonds is 40. The van der Waals surface area contributed by atoms with Gasteiger partial charge >= 0.3 is 11.9 Å². The number of ether oxygens (including phenoxy) is 4. The van der Waals surface area contributed by atoms with E-state index in [1.54, 1.807) is 0 Å². The highest BCUT2D eigenvalue weighted by Gasteiger charge is 2.44. The molecule has 1 aliphatic heterocycles. The lowest BCUT2D eigenvalue weighted by Crippen LogP contribution is -2.59. The van der Waals surface area contributed by atoms with E-state index in [-0.39, 0.29) is 32.0 Å². The molecule has 0 amide bonds. The molecule has 10 heteroatoms. The Bertz CT molecular complexity index is 1000. The first kappa shape index (κ1) is 54.2. The Labute approximate surface area is 353 Å². The Morgan fingerprint density at radius 2 is 0.914 bits per heavy atom. The van der Waals surface area contributed by atoms with Crippen LogP contribution in [-0.2, 0) is 28.5 Å². The summed E-state index contributed by atoms with van der Waals surface area (Å²) in [5, 5.41) is 40.1. The molecule has 0 aromatic carbocycles. The van der Waals surface area contributed by atoms with Crippen LogP contribution in [-0.4, -0.2) is 89.0 Å². The summed E-state index contributed by atoms with van der Waals surface area (Å²) < 4.78 is 22.2. The Morgan fingerprint density at radius 1 is 0.517 bits per heavy atom. The van der Waals surface area contributed by atoms with E-state index in [9.17, 15) is 30.0 Å². The molecule has 10 nitrogen and oxygen atoms in total. The van der Waals surface area contributed by atoms with Crippen LogP contribution < -0.4 is 0 Å². The molecule has 0 spiro atoms. The molecule has 1 fully saturated rings. The third kappa shape index (κ3) is 30.2. The van der Waals surface area contributed by atoms with Crippen molar-refractivity contribution in [1.82, 2.24) is 0 Å². The molecule has 0 radical (unpaired) electrons. The van der Waals surface area contributed by atoms with E-state index in [4.69, 9.17) is 18.9 Å². The second kappa shape index (κ2) is 39.3. The van der Waals surface area contributed by atoms with Crippen molar-refractivity contribution in [2.24, 2.45) is 0 Å². The van der Waals surface area contributed by atoms with Gasteiger partial charge in [0.2, 0.25) is 0 Å². The number of esters is 2. The van der Waals surface area contributed by atoms with Crippen LogP contribution in [0.1, 0.15) is 213 Å². The molecule has 1 heterocycles. The fraction of sp³-hybridized carbons (Fsp3) is 0.875. The van der Waals surface area contributed by atoms with E-state index < -0.39 is 49.4 Å². The van der Waals surface area contributed by atoms with Crippen molar-refractivity contribution in [2.75, 3.05) is 19.8 Å². The number of hydrogen-bond donors (Lipinski definition) is 4. The number of carbonyl (C=O) groups is 2. The molecule has 0 saturated carbocycles. The van der Waals surface area contributed by atoms with Crippen molar-refractivity contribution in [3.05, 3.63) is 24.3 Å². The zero-order valence-corrected chi connectivity index (χ0v) is 37.1. The quantitative estimate of drug-likeness (QED) is 0.0267. The van der Waals surface area contributed by atoms with Crippen LogP contribution in [0.3, 0.4) is 0 Å². The van der Waals surface area contributed by atoms with Crippen molar-refractivity contribution < 1.29 is 49.0 Å². The predicted molar refractivity (Wildman–Crippen MR) is 233 cm³/mol. The van der Waals surface area contributed by atoms with Gasteiger partial charge in [-0.1, -0.05) is 160 Å². The van der Waals surface area contributed by atoms with Gasteiger partial charge in [0, 0.05) is 12.8 Å². The van der Waals surface area contributed by atoms with Crippen molar-refractivity contribution in [1.29, 1.82) is 0 Å². The van der Waals surface area contributed by atoms with Gasteiger partial charge in [0.25, 0.3) is 0 Å². The first-order chi connectivity index (χ1) is 28.3. The van der Waals surface area contributed by atoms with Crippen LogP contribution in [0.25, 0.3) is 0 Å². The van der Waals surface area contributed by atoms with Gasteiger partial charge in [-0.15, -0.1) is 0 Å². The number of unbranched alkanes of at least 4 members (excludes halogenated alkanes) is 25. The monoisotopic (exact) mass is 825 g/mol. The Kier molecular flexibility index (Phi) is 36.7. The maximum absolute atomic E-state index is 12.7. The largest absolute Gasteiger partial charge is 0.462 e. The average molecular weight is 825 g/mol. The zero-order chi connectivity index (χ0) is 42.3. The number of carbonyl (C=O) groups excluding carboxylic acids is 2. The van der Waals surface area contributed by atoms with Crippen molar-refractivity contribution >= 4 is 11.9 Å². The molecule has 1 saturated heterocycles. The summed E-state index contributed by atoms with van der Waals surface area (Å²) in [6, 6.07) is 0. The van der Waals surface area contributed by atoms with E-state index in [1.807, 2.05) is 0 Å². The normalized spacial score (nSPS) is 20.3. The van der Waals surface area contributed by atoms with E-state index in [1.165, 1.54) is 122 Å². The molecule has 0 aliphatic carbocycles. The van der Waals surface area contributed by atoms with Crippen LogP contribution in [0.2, 0.25) is 0 Å². The molecular weight excluding hydrogens is 737 g/mol. The van der Waals surface area contributed by atoms with Gasteiger partial charge in [-0.25, -0.2) is 0 Å². The van der Waals surface area contributed by atoms with Crippen LogP contribution in [0.15, 0.2) is 24.3 Å².